The molecule has 0 atom stereocenters. The molecule has 1 heteroatoms. The normalized spacial score (nSPS) is 19.3. The van der Waals surface area contributed by atoms with Crippen LogP contribution in [0.1, 0.15) is 69.3 Å². The van der Waals surface area contributed by atoms with E-state index in [0.29, 0.717) is 5.41 Å². The van der Waals surface area contributed by atoms with Gasteiger partial charge in [0.25, 0.3) is 0 Å². The van der Waals surface area contributed by atoms with Gasteiger partial charge in [0, 0.05) is 11.8 Å². The molecule has 0 amide bonds. The summed E-state index contributed by atoms with van der Waals surface area (Å²) in [6, 6.07) is 24.1. The molecule has 0 bridgehead atoms. The first-order valence-corrected chi connectivity index (χ1v) is 11.4. The molecule has 5 rings (SSSR count). The molecule has 1 heterocycles. The van der Waals surface area contributed by atoms with Gasteiger partial charge in [0.15, 0.2) is 0 Å². The monoisotopic (exact) mass is 381 g/mol. The molecule has 29 heavy (non-hydrogen) atoms. The lowest BCUT2D eigenvalue weighted by Crippen LogP contribution is -2.29. The van der Waals surface area contributed by atoms with Gasteiger partial charge in [-0.1, -0.05) is 73.9 Å². The second-order valence-electron chi connectivity index (χ2n) is 9.25. The maximum atomic E-state index is 4.57. The lowest BCUT2D eigenvalue weighted by atomic mass is 9.62. The minimum atomic E-state index is 0.708. The van der Waals surface area contributed by atoms with Gasteiger partial charge < -0.3 is 0 Å². The lowest BCUT2D eigenvalue weighted by molar-refractivity contribution is 0.114. The van der Waals surface area contributed by atoms with Gasteiger partial charge in [-0.15, -0.1) is 0 Å². The molecular formula is C28H31N. The Balaban J connectivity index is 1.30. The molecule has 2 aliphatic rings. The predicted octanol–water partition coefficient (Wildman–Crippen LogP) is 8.02. The molecule has 1 spiro atoms. The molecular weight excluding hydrogens is 350 g/mol. The van der Waals surface area contributed by atoms with Gasteiger partial charge in [-0.25, -0.2) is 0 Å². The summed E-state index contributed by atoms with van der Waals surface area (Å²) in [5, 5.41) is 0. The second kappa shape index (κ2) is 8.14. The highest BCUT2D eigenvalue weighted by molar-refractivity contribution is 5.70. The van der Waals surface area contributed by atoms with Crippen LogP contribution < -0.4 is 0 Å². The van der Waals surface area contributed by atoms with Crippen LogP contribution in [0.25, 0.3) is 22.4 Å². The smallest absolute Gasteiger partial charge is 0.0708 e. The molecule has 1 nitrogen and oxygen atoms in total. The Morgan fingerprint density at radius 2 is 1.38 bits per heavy atom. The number of aromatic nitrogens is 1. The predicted molar refractivity (Wildman–Crippen MR) is 122 cm³/mol. The third-order valence-corrected chi connectivity index (χ3v) is 7.51. The van der Waals surface area contributed by atoms with Crippen LogP contribution in [0.5, 0.6) is 0 Å². The van der Waals surface area contributed by atoms with Crippen LogP contribution in [-0.4, -0.2) is 4.98 Å². The van der Waals surface area contributed by atoms with Crippen molar-refractivity contribution in [3.8, 4) is 22.4 Å². The Morgan fingerprint density at radius 1 is 0.655 bits per heavy atom. The fraction of sp³-hybridized carbons (Fsp3) is 0.393. The highest BCUT2D eigenvalue weighted by Crippen LogP contribution is 2.51. The van der Waals surface area contributed by atoms with E-state index in [1.807, 2.05) is 12.3 Å². The third kappa shape index (κ3) is 4.01. The van der Waals surface area contributed by atoms with Crippen LogP contribution in [-0.2, 0) is 0 Å². The molecule has 0 unspecified atom stereocenters. The van der Waals surface area contributed by atoms with Gasteiger partial charge >= 0.3 is 0 Å². The van der Waals surface area contributed by atoms with E-state index in [-0.39, 0.29) is 0 Å². The van der Waals surface area contributed by atoms with Crippen molar-refractivity contribution in [3.05, 3.63) is 78.5 Å². The first-order chi connectivity index (χ1) is 14.3. The molecule has 0 saturated heterocycles. The van der Waals surface area contributed by atoms with Crippen molar-refractivity contribution < 1.29 is 0 Å². The van der Waals surface area contributed by atoms with Gasteiger partial charge in [0.05, 0.1) is 5.69 Å². The van der Waals surface area contributed by atoms with E-state index in [9.17, 15) is 0 Å². The molecule has 0 radical (unpaired) electrons. The minimum absolute atomic E-state index is 0.708. The Morgan fingerprint density at radius 3 is 2.10 bits per heavy atom. The van der Waals surface area contributed by atoms with Crippen molar-refractivity contribution in [2.45, 2.75) is 63.7 Å². The fourth-order valence-corrected chi connectivity index (χ4v) is 5.69. The van der Waals surface area contributed by atoms with Gasteiger partial charge in [0.2, 0.25) is 0 Å². The topological polar surface area (TPSA) is 12.9 Å². The zero-order valence-corrected chi connectivity index (χ0v) is 17.3. The zero-order valence-electron chi connectivity index (χ0n) is 17.3. The maximum Gasteiger partial charge on any atom is 0.0708 e. The average Bonchev–Trinajstić information content (AvgIpc) is 2.81. The standard InChI is InChI=1S/C28H31N/c1-3-7-25(8-4-1)27-21-26(15-20-29-27)23-11-9-22(10-12-23)24-13-18-28(19-14-24)16-5-2-6-17-28/h1,3-4,7-12,15,20-21,24H,2,5-6,13-14,16-19H2. The largest absolute Gasteiger partial charge is 0.256 e. The summed E-state index contributed by atoms with van der Waals surface area (Å²) in [5.74, 6) is 0.758. The quantitative estimate of drug-likeness (QED) is 0.447. The summed E-state index contributed by atoms with van der Waals surface area (Å²) < 4.78 is 0. The molecule has 2 aromatic carbocycles. The number of benzene rings is 2. The van der Waals surface area contributed by atoms with Crippen molar-refractivity contribution in [2.75, 3.05) is 0 Å². The molecule has 3 aromatic rings. The van der Waals surface area contributed by atoms with Crippen molar-refractivity contribution in [3.63, 3.8) is 0 Å². The van der Waals surface area contributed by atoms with Crippen LogP contribution in [0.4, 0.5) is 0 Å². The van der Waals surface area contributed by atoms with Crippen LogP contribution in [0.15, 0.2) is 72.9 Å². The van der Waals surface area contributed by atoms with E-state index in [1.54, 1.807) is 0 Å². The highest BCUT2D eigenvalue weighted by atomic mass is 14.7. The number of hydrogen-bond acceptors (Lipinski definition) is 1. The molecule has 0 aliphatic heterocycles. The van der Waals surface area contributed by atoms with Crippen molar-refractivity contribution in [1.29, 1.82) is 0 Å². The van der Waals surface area contributed by atoms with E-state index < -0.39 is 0 Å². The SMILES string of the molecule is c1ccc(-c2cc(-c3ccc(C4CCC5(CCCCC5)CC4)cc3)ccn2)cc1. The van der Waals surface area contributed by atoms with Crippen molar-refractivity contribution in [1.82, 2.24) is 4.98 Å². The highest BCUT2D eigenvalue weighted by Gasteiger charge is 2.36. The summed E-state index contributed by atoms with van der Waals surface area (Å²) >= 11 is 0. The second-order valence-corrected chi connectivity index (χ2v) is 9.25. The number of pyridine rings is 1. The summed E-state index contributed by atoms with van der Waals surface area (Å²) in [6.45, 7) is 0. The number of nitrogens with zero attached hydrogens (tertiary/aromatic N) is 1. The molecule has 0 N–H and O–H groups in total. The number of rotatable bonds is 3. The maximum absolute atomic E-state index is 4.57. The molecule has 2 saturated carbocycles. The minimum Gasteiger partial charge on any atom is -0.256 e. The summed E-state index contributed by atoms with van der Waals surface area (Å²) in [7, 11) is 0. The molecule has 1 aromatic heterocycles. The molecule has 2 fully saturated rings. The Labute approximate surface area is 175 Å². The van der Waals surface area contributed by atoms with Crippen LogP contribution >= 0.6 is 0 Å². The zero-order chi connectivity index (χ0) is 19.5. The Bertz CT molecular complexity index is 926. The third-order valence-electron chi connectivity index (χ3n) is 7.51. The summed E-state index contributed by atoms with van der Waals surface area (Å²) in [4.78, 5) is 4.57. The van der Waals surface area contributed by atoms with Crippen LogP contribution in [0.3, 0.4) is 0 Å². The van der Waals surface area contributed by atoms with Crippen molar-refractivity contribution in [2.24, 2.45) is 5.41 Å². The van der Waals surface area contributed by atoms with E-state index >= 15 is 0 Å². The summed E-state index contributed by atoms with van der Waals surface area (Å²) in [5.41, 5.74) is 6.99. The van der Waals surface area contributed by atoms with Gasteiger partial charge in [-0.3, -0.25) is 4.98 Å². The average molecular weight is 382 g/mol. The van der Waals surface area contributed by atoms with Gasteiger partial charge in [0.1, 0.15) is 0 Å². The fourth-order valence-electron chi connectivity index (χ4n) is 5.69. The molecule has 148 valence electrons. The molecule has 2 aliphatic carbocycles. The van der Waals surface area contributed by atoms with Crippen molar-refractivity contribution >= 4 is 0 Å². The summed E-state index contributed by atoms with van der Waals surface area (Å²) in [6.07, 6.45) is 15.0. The van der Waals surface area contributed by atoms with Crippen LogP contribution in [0.2, 0.25) is 0 Å². The van der Waals surface area contributed by atoms with Gasteiger partial charge in [-0.05, 0) is 78.7 Å². The van der Waals surface area contributed by atoms with E-state index in [2.05, 4.69) is 65.6 Å². The first kappa shape index (κ1) is 18.6. The van der Waals surface area contributed by atoms with Crippen LogP contribution in [0, 0.1) is 5.41 Å². The van der Waals surface area contributed by atoms with Gasteiger partial charge in [-0.2, -0.15) is 0 Å². The lowest BCUT2D eigenvalue weighted by Gasteiger charge is -2.43. The number of hydrogen-bond donors (Lipinski definition) is 0. The van der Waals surface area contributed by atoms with E-state index in [0.717, 1.165) is 11.6 Å². The Hall–Kier alpha value is -2.41. The Kier molecular flexibility index (Phi) is 5.23. The van der Waals surface area contributed by atoms with E-state index in [4.69, 9.17) is 0 Å². The first-order valence-electron chi connectivity index (χ1n) is 11.4. The van der Waals surface area contributed by atoms with E-state index in [1.165, 1.54) is 80.0 Å².